The fourth-order valence-corrected chi connectivity index (χ4v) is 2.65. The van der Waals surface area contributed by atoms with E-state index in [1.165, 1.54) is 12.1 Å². The maximum atomic E-state index is 13.0. The lowest BCUT2D eigenvalue weighted by molar-refractivity contribution is -0.116. The highest BCUT2D eigenvalue weighted by molar-refractivity contribution is 5.92. The van der Waals surface area contributed by atoms with Gasteiger partial charge >= 0.3 is 5.76 Å². The van der Waals surface area contributed by atoms with Crippen molar-refractivity contribution in [2.45, 2.75) is 12.8 Å². The first-order valence-corrected chi connectivity index (χ1v) is 8.20. The number of halogens is 1. The van der Waals surface area contributed by atoms with E-state index in [9.17, 15) is 14.0 Å². The van der Waals surface area contributed by atoms with Crippen LogP contribution in [0, 0.1) is 5.82 Å². The number of carbonyl (C=O) groups excluding carboxylic acids is 1. The molecule has 0 atom stereocenters. The summed E-state index contributed by atoms with van der Waals surface area (Å²) in [7, 11) is 0. The summed E-state index contributed by atoms with van der Waals surface area (Å²) in [6.45, 7) is 0. The van der Waals surface area contributed by atoms with Crippen molar-refractivity contribution in [2.24, 2.45) is 0 Å². The van der Waals surface area contributed by atoms with Crippen molar-refractivity contribution in [3.63, 3.8) is 0 Å². The van der Waals surface area contributed by atoms with E-state index in [1.54, 1.807) is 36.5 Å². The minimum Gasteiger partial charge on any atom is -0.441 e. The summed E-state index contributed by atoms with van der Waals surface area (Å²) in [6, 6.07) is 10.8. The Morgan fingerprint density at radius 2 is 1.96 bits per heavy atom. The third kappa shape index (κ3) is 3.79. The lowest BCUT2D eigenvalue weighted by Gasteiger charge is -2.04. The number of aryl methyl sites for hydroxylation is 1. The Kier molecular flexibility index (Phi) is 4.29. The first-order valence-electron chi connectivity index (χ1n) is 8.20. The fraction of sp³-hybridized carbons (Fsp3) is 0.105. The number of aromatic amines is 1. The van der Waals surface area contributed by atoms with E-state index in [0.29, 0.717) is 40.4 Å². The van der Waals surface area contributed by atoms with Gasteiger partial charge in [0.15, 0.2) is 17.2 Å². The van der Waals surface area contributed by atoms with Gasteiger partial charge in [0.05, 0.1) is 11.7 Å². The van der Waals surface area contributed by atoms with Gasteiger partial charge in [0.2, 0.25) is 5.91 Å². The summed E-state index contributed by atoms with van der Waals surface area (Å²) in [5.74, 6) is -0.164. The van der Waals surface area contributed by atoms with Crippen molar-refractivity contribution in [3.8, 4) is 11.3 Å². The number of carbonyl (C=O) groups is 1. The number of nitrogens with one attached hydrogen (secondary N) is 2. The summed E-state index contributed by atoms with van der Waals surface area (Å²) in [5.41, 5.74) is 2.19. The van der Waals surface area contributed by atoms with Crippen molar-refractivity contribution >= 4 is 22.7 Å². The molecule has 0 spiro atoms. The van der Waals surface area contributed by atoms with Crippen LogP contribution in [0.25, 0.3) is 22.4 Å². The summed E-state index contributed by atoms with van der Waals surface area (Å²) < 4.78 is 23.5. The standard InChI is InChI=1S/C19H14FN3O4/c20-12-3-1-11(2-4-12)16-10-21-18(26-16)8-7-17(24)22-13-5-6-15-14(9-13)23-19(25)27-15/h1-6,9-10H,7-8H2,(H,22,24)(H,23,25). The molecule has 0 bridgehead atoms. The van der Waals surface area contributed by atoms with Crippen LogP contribution in [0.2, 0.25) is 0 Å². The van der Waals surface area contributed by atoms with Crippen LogP contribution in [-0.2, 0) is 11.2 Å². The van der Waals surface area contributed by atoms with E-state index in [0.717, 1.165) is 0 Å². The third-order valence-electron chi connectivity index (χ3n) is 3.95. The molecule has 0 saturated carbocycles. The van der Waals surface area contributed by atoms with E-state index < -0.39 is 5.76 Å². The van der Waals surface area contributed by atoms with Crippen molar-refractivity contribution in [3.05, 3.63) is 70.9 Å². The van der Waals surface area contributed by atoms with Crippen LogP contribution >= 0.6 is 0 Å². The number of fused-ring (bicyclic) bond motifs is 1. The molecule has 8 heteroatoms. The van der Waals surface area contributed by atoms with Crippen LogP contribution in [0.5, 0.6) is 0 Å². The predicted octanol–water partition coefficient (Wildman–Crippen LogP) is 3.49. The zero-order chi connectivity index (χ0) is 18.8. The Morgan fingerprint density at radius 1 is 1.15 bits per heavy atom. The molecule has 0 aliphatic rings. The Bertz CT molecular complexity index is 1160. The van der Waals surface area contributed by atoms with Crippen LogP contribution in [-0.4, -0.2) is 15.9 Å². The molecule has 4 rings (SSSR count). The van der Waals surface area contributed by atoms with Gasteiger partial charge in [0, 0.05) is 24.1 Å². The minimum atomic E-state index is -0.547. The molecule has 2 heterocycles. The summed E-state index contributed by atoms with van der Waals surface area (Å²) in [4.78, 5) is 30.0. The first-order chi connectivity index (χ1) is 13.1. The molecule has 0 saturated heterocycles. The average molecular weight is 367 g/mol. The van der Waals surface area contributed by atoms with Gasteiger partial charge in [-0.15, -0.1) is 0 Å². The van der Waals surface area contributed by atoms with Gasteiger partial charge in [-0.25, -0.2) is 14.2 Å². The molecule has 136 valence electrons. The number of amides is 1. The van der Waals surface area contributed by atoms with Crippen molar-refractivity contribution in [1.29, 1.82) is 0 Å². The number of hydrogen-bond acceptors (Lipinski definition) is 5. The molecule has 27 heavy (non-hydrogen) atoms. The number of benzene rings is 2. The number of H-pyrrole nitrogens is 1. The molecule has 4 aromatic rings. The Morgan fingerprint density at radius 3 is 2.78 bits per heavy atom. The number of oxazole rings is 2. The Labute approximate surface area is 151 Å². The van der Waals surface area contributed by atoms with Crippen molar-refractivity contribution < 1.29 is 18.0 Å². The van der Waals surface area contributed by atoms with Gasteiger partial charge in [0.1, 0.15) is 5.82 Å². The zero-order valence-corrected chi connectivity index (χ0v) is 14.0. The lowest BCUT2D eigenvalue weighted by atomic mass is 10.2. The number of aromatic nitrogens is 2. The molecule has 0 fully saturated rings. The van der Waals surface area contributed by atoms with Crippen LogP contribution in [0.1, 0.15) is 12.3 Å². The molecule has 1 amide bonds. The quantitative estimate of drug-likeness (QED) is 0.562. The van der Waals surface area contributed by atoms with E-state index in [-0.39, 0.29) is 18.1 Å². The maximum Gasteiger partial charge on any atom is 0.417 e. The predicted molar refractivity (Wildman–Crippen MR) is 95.7 cm³/mol. The molecule has 2 N–H and O–H groups in total. The molecule has 0 aliphatic carbocycles. The SMILES string of the molecule is O=C(CCc1ncc(-c2ccc(F)cc2)o1)Nc1ccc2oc(=O)[nH]c2c1. The van der Waals surface area contributed by atoms with Gasteiger partial charge in [-0.2, -0.15) is 0 Å². The summed E-state index contributed by atoms with van der Waals surface area (Å²) in [6.07, 6.45) is 2.03. The van der Waals surface area contributed by atoms with E-state index >= 15 is 0 Å². The molecule has 7 nitrogen and oxygen atoms in total. The molecule has 2 aromatic carbocycles. The van der Waals surface area contributed by atoms with Crippen LogP contribution in [0.15, 0.2) is 62.3 Å². The van der Waals surface area contributed by atoms with E-state index in [1.807, 2.05) is 0 Å². The average Bonchev–Trinajstić information content (AvgIpc) is 3.26. The monoisotopic (exact) mass is 367 g/mol. The normalized spacial score (nSPS) is 11.0. The number of rotatable bonds is 5. The van der Waals surface area contributed by atoms with Gasteiger partial charge < -0.3 is 14.2 Å². The highest BCUT2D eigenvalue weighted by atomic mass is 19.1. The summed E-state index contributed by atoms with van der Waals surface area (Å²) in [5, 5.41) is 2.74. The molecule has 2 aromatic heterocycles. The summed E-state index contributed by atoms with van der Waals surface area (Å²) >= 11 is 0. The molecular formula is C19H14FN3O4. The van der Waals surface area contributed by atoms with Gasteiger partial charge in [-0.05, 0) is 42.5 Å². The fourth-order valence-electron chi connectivity index (χ4n) is 2.65. The Balaban J connectivity index is 1.37. The minimum absolute atomic E-state index is 0.170. The number of nitrogens with zero attached hydrogens (tertiary/aromatic N) is 1. The highest BCUT2D eigenvalue weighted by Crippen LogP contribution is 2.21. The molecule has 0 unspecified atom stereocenters. The van der Waals surface area contributed by atoms with Gasteiger partial charge in [-0.1, -0.05) is 0 Å². The topological polar surface area (TPSA) is 101 Å². The van der Waals surface area contributed by atoms with Crippen LogP contribution in [0.3, 0.4) is 0 Å². The molecule has 0 aliphatic heterocycles. The number of anilines is 1. The second kappa shape index (κ2) is 6.91. The van der Waals surface area contributed by atoms with Gasteiger partial charge in [-0.3, -0.25) is 9.78 Å². The van der Waals surface area contributed by atoms with E-state index in [2.05, 4.69) is 15.3 Å². The second-order valence-corrected chi connectivity index (χ2v) is 5.90. The zero-order valence-electron chi connectivity index (χ0n) is 14.0. The number of hydrogen-bond donors (Lipinski definition) is 2. The van der Waals surface area contributed by atoms with Crippen LogP contribution < -0.4 is 11.1 Å². The van der Waals surface area contributed by atoms with Crippen molar-refractivity contribution in [1.82, 2.24) is 9.97 Å². The second-order valence-electron chi connectivity index (χ2n) is 5.90. The Hall–Kier alpha value is -3.68. The van der Waals surface area contributed by atoms with E-state index in [4.69, 9.17) is 8.83 Å². The van der Waals surface area contributed by atoms with Gasteiger partial charge in [0.25, 0.3) is 0 Å². The third-order valence-corrected chi connectivity index (χ3v) is 3.95. The van der Waals surface area contributed by atoms with Crippen LogP contribution in [0.4, 0.5) is 10.1 Å². The lowest BCUT2D eigenvalue weighted by Crippen LogP contribution is -2.12. The molecular weight excluding hydrogens is 353 g/mol. The molecule has 0 radical (unpaired) electrons. The maximum absolute atomic E-state index is 13.0. The smallest absolute Gasteiger partial charge is 0.417 e. The highest BCUT2D eigenvalue weighted by Gasteiger charge is 2.10. The first kappa shape index (κ1) is 16.8. The largest absolute Gasteiger partial charge is 0.441 e. The van der Waals surface area contributed by atoms with Crippen molar-refractivity contribution in [2.75, 3.05) is 5.32 Å².